The zero-order chi connectivity index (χ0) is 13.8. The van der Waals surface area contributed by atoms with Crippen molar-refractivity contribution in [2.45, 2.75) is 25.8 Å². The van der Waals surface area contributed by atoms with Crippen LogP contribution in [0.1, 0.15) is 32.9 Å². The fourth-order valence-electron chi connectivity index (χ4n) is 1.89. The van der Waals surface area contributed by atoms with Gasteiger partial charge in [-0.2, -0.15) is 0 Å². The molecular formula is C15H16BrNO2. The van der Waals surface area contributed by atoms with Gasteiger partial charge in [-0.25, -0.2) is 4.79 Å². The lowest BCUT2D eigenvalue weighted by Crippen LogP contribution is -2.07. The molecule has 1 aromatic carbocycles. The summed E-state index contributed by atoms with van der Waals surface area (Å²) in [6.45, 7) is 4.22. The molecule has 2 aromatic rings. The fraction of sp³-hybridized carbons (Fsp3) is 0.267. The summed E-state index contributed by atoms with van der Waals surface area (Å²) in [7, 11) is 0. The van der Waals surface area contributed by atoms with Crippen LogP contribution in [-0.4, -0.2) is 11.0 Å². The van der Waals surface area contributed by atoms with E-state index >= 15 is 0 Å². The fourth-order valence-corrected chi connectivity index (χ4v) is 2.45. The molecule has 0 aliphatic heterocycles. The number of carbonyl (C=O) groups excluding carboxylic acids is 1. The highest BCUT2D eigenvalue weighted by Gasteiger charge is 2.17. The molecule has 1 N–H and O–H groups in total. The Morgan fingerprint density at radius 2 is 1.89 bits per heavy atom. The molecule has 0 fully saturated rings. The maximum Gasteiger partial charge on any atom is 0.355 e. The van der Waals surface area contributed by atoms with E-state index in [2.05, 4.69) is 20.9 Å². The first-order valence-corrected chi connectivity index (χ1v) is 7.20. The summed E-state index contributed by atoms with van der Waals surface area (Å²) < 4.78 is 5.32. The number of carbonyl (C=O) groups is 1. The lowest BCUT2D eigenvalue weighted by atomic mass is 10.1. The highest BCUT2D eigenvalue weighted by atomic mass is 79.9. The lowest BCUT2D eigenvalue weighted by Gasteiger charge is -2.04. The van der Waals surface area contributed by atoms with E-state index in [1.165, 1.54) is 0 Å². The highest BCUT2D eigenvalue weighted by Crippen LogP contribution is 2.20. The van der Waals surface area contributed by atoms with E-state index in [9.17, 15) is 4.79 Å². The zero-order valence-corrected chi connectivity index (χ0v) is 12.6. The van der Waals surface area contributed by atoms with Crippen molar-refractivity contribution in [1.29, 1.82) is 0 Å². The van der Waals surface area contributed by atoms with Crippen LogP contribution in [0.5, 0.6) is 0 Å². The second-order valence-corrected chi connectivity index (χ2v) is 4.98. The van der Waals surface area contributed by atoms with E-state index in [1.54, 1.807) is 0 Å². The first-order chi connectivity index (χ1) is 9.13. The van der Waals surface area contributed by atoms with Gasteiger partial charge in [-0.15, -0.1) is 0 Å². The molecule has 0 saturated carbocycles. The molecule has 2 rings (SSSR count). The Morgan fingerprint density at radius 3 is 2.47 bits per heavy atom. The van der Waals surface area contributed by atoms with Crippen LogP contribution in [0.4, 0.5) is 0 Å². The summed E-state index contributed by atoms with van der Waals surface area (Å²) in [5, 5.41) is 0.700. The van der Waals surface area contributed by atoms with Crippen molar-refractivity contribution < 1.29 is 9.53 Å². The standard InChI is InChI=1S/C15H16BrNO2/c1-10-11(2)14(17-13(10)8-16)15(18)19-9-12-6-4-3-5-7-12/h3-7,17H,8-9H2,1-2H3. The second-order valence-electron chi connectivity index (χ2n) is 4.42. The normalized spacial score (nSPS) is 10.5. The van der Waals surface area contributed by atoms with E-state index in [0.29, 0.717) is 17.6 Å². The van der Waals surface area contributed by atoms with Gasteiger partial charge in [-0.3, -0.25) is 0 Å². The first kappa shape index (κ1) is 13.9. The number of esters is 1. The molecule has 0 spiro atoms. The van der Waals surface area contributed by atoms with Crippen molar-refractivity contribution in [3.63, 3.8) is 0 Å². The van der Waals surface area contributed by atoms with Gasteiger partial charge in [0.2, 0.25) is 0 Å². The van der Waals surface area contributed by atoms with E-state index in [4.69, 9.17) is 4.74 Å². The predicted octanol–water partition coefficient (Wildman–Crippen LogP) is 3.88. The Kier molecular flexibility index (Phi) is 4.43. The zero-order valence-electron chi connectivity index (χ0n) is 11.0. The van der Waals surface area contributed by atoms with Crippen LogP contribution in [0, 0.1) is 13.8 Å². The number of benzene rings is 1. The number of hydrogen-bond acceptors (Lipinski definition) is 2. The number of rotatable bonds is 4. The summed E-state index contributed by atoms with van der Waals surface area (Å²) in [6, 6.07) is 9.66. The minimum atomic E-state index is -0.309. The SMILES string of the molecule is Cc1c(CBr)[nH]c(C(=O)OCc2ccccc2)c1C. The third-order valence-electron chi connectivity index (χ3n) is 3.22. The van der Waals surface area contributed by atoms with Gasteiger partial charge in [0.05, 0.1) is 0 Å². The summed E-state index contributed by atoms with van der Waals surface area (Å²) >= 11 is 3.40. The van der Waals surface area contributed by atoms with E-state index in [1.807, 2.05) is 44.2 Å². The first-order valence-electron chi connectivity index (χ1n) is 6.08. The number of alkyl halides is 1. The molecule has 0 bridgehead atoms. The Labute approximate surface area is 121 Å². The second kappa shape index (κ2) is 6.06. The number of ether oxygens (including phenoxy) is 1. The molecule has 0 radical (unpaired) electrons. The van der Waals surface area contributed by atoms with Gasteiger partial charge in [0, 0.05) is 11.0 Å². The molecule has 4 heteroatoms. The van der Waals surface area contributed by atoms with Crippen LogP contribution in [0.25, 0.3) is 0 Å². The van der Waals surface area contributed by atoms with Crippen LogP contribution in [-0.2, 0) is 16.7 Å². The number of H-pyrrole nitrogens is 1. The van der Waals surface area contributed by atoms with Gasteiger partial charge in [-0.1, -0.05) is 46.3 Å². The monoisotopic (exact) mass is 321 g/mol. The highest BCUT2D eigenvalue weighted by molar-refractivity contribution is 9.08. The molecule has 0 atom stereocenters. The molecule has 1 aromatic heterocycles. The Bertz CT molecular complexity index is 575. The molecule has 0 amide bonds. The van der Waals surface area contributed by atoms with Crippen LogP contribution >= 0.6 is 15.9 Å². The maximum absolute atomic E-state index is 12.1. The van der Waals surface area contributed by atoms with Crippen molar-refractivity contribution in [3.8, 4) is 0 Å². The third-order valence-corrected chi connectivity index (χ3v) is 3.78. The molecule has 19 heavy (non-hydrogen) atoms. The van der Waals surface area contributed by atoms with Gasteiger partial charge < -0.3 is 9.72 Å². The largest absolute Gasteiger partial charge is 0.456 e. The van der Waals surface area contributed by atoms with Gasteiger partial charge in [0.25, 0.3) is 0 Å². The summed E-state index contributed by atoms with van der Waals surface area (Å²) in [4.78, 5) is 15.2. The van der Waals surface area contributed by atoms with Crippen molar-refractivity contribution in [2.24, 2.45) is 0 Å². The Morgan fingerprint density at radius 1 is 1.21 bits per heavy atom. The molecule has 100 valence electrons. The number of halogens is 1. The molecule has 0 aliphatic carbocycles. The van der Waals surface area contributed by atoms with Crippen molar-refractivity contribution >= 4 is 21.9 Å². The molecule has 0 aliphatic rings. The summed E-state index contributed by atoms with van der Waals surface area (Å²) in [5.74, 6) is -0.309. The average molecular weight is 322 g/mol. The minimum absolute atomic E-state index is 0.292. The number of hydrogen-bond donors (Lipinski definition) is 1. The predicted molar refractivity (Wildman–Crippen MR) is 78.5 cm³/mol. The van der Waals surface area contributed by atoms with E-state index < -0.39 is 0 Å². The quantitative estimate of drug-likeness (QED) is 0.685. The van der Waals surface area contributed by atoms with Gasteiger partial charge in [-0.05, 0) is 30.5 Å². The lowest BCUT2D eigenvalue weighted by molar-refractivity contribution is 0.0465. The van der Waals surface area contributed by atoms with Gasteiger partial charge >= 0.3 is 5.97 Å². The Hall–Kier alpha value is -1.55. The molecule has 0 unspecified atom stereocenters. The van der Waals surface area contributed by atoms with E-state index in [-0.39, 0.29) is 5.97 Å². The number of nitrogens with one attached hydrogen (secondary N) is 1. The van der Waals surface area contributed by atoms with Gasteiger partial charge in [0.1, 0.15) is 12.3 Å². The third kappa shape index (κ3) is 3.07. The van der Waals surface area contributed by atoms with Crippen molar-refractivity contribution in [1.82, 2.24) is 4.98 Å². The average Bonchev–Trinajstić information content (AvgIpc) is 2.73. The van der Waals surface area contributed by atoms with Crippen molar-refractivity contribution in [2.75, 3.05) is 0 Å². The molecule has 1 heterocycles. The number of aromatic amines is 1. The number of aromatic nitrogens is 1. The van der Waals surface area contributed by atoms with Crippen LogP contribution in [0.15, 0.2) is 30.3 Å². The molecular weight excluding hydrogens is 306 g/mol. The maximum atomic E-state index is 12.1. The van der Waals surface area contributed by atoms with Crippen LogP contribution < -0.4 is 0 Å². The van der Waals surface area contributed by atoms with Crippen LogP contribution in [0.2, 0.25) is 0 Å². The van der Waals surface area contributed by atoms with Crippen molar-refractivity contribution in [3.05, 3.63) is 58.4 Å². The topological polar surface area (TPSA) is 42.1 Å². The Balaban J connectivity index is 2.08. The van der Waals surface area contributed by atoms with Crippen LogP contribution in [0.3, 0.4) is 0 Å². The summed E-state index contributed by atoms with van der Waals surface area (Å²) in [6.07, 6.45) is 0. The van der Waals surface area contributed by atoms with Gasteiger partial charge in [0.15, 0.2) is 0 Å². The smallest absolute Gasteiger partial charge is 0.355 e. The molecule has 3 nitrogen and oxygen atoms in total. The summed E-state index contributed by atoms with van der Waals surface area (Å²) in [5.41, 5.74) is 4.60. The van der Waals surface area contributed by atoms with E-state index in [0.717, 1.165) is 22.4 Å². The molecule has 0 saturated heterocycles. The minimum Gasteiger partial charge on any atom is -0.456 e.